The Hall–Kier alpha value is -2.34. The van der Waals surface area contributed by atoms with E-state index < -0.39 is 0 Å². The zero-order chi connectivity index (χ0) is 17.8. The topological polar surface area (TPSA) is 78.2 Å². The summed E-state index contributed by atoms with van der Waals surface area (Å²) in [6, 6.07) is 11.2. The molecule has 3 N–H and O–H groups in total. The van der Waals surface area contributed by atoms with Gasteiger partial charge in [0.1, 0.15) is 11.5 Å². The average Bonchev–Trinajstić information content (AvgIpc) is 3.28. The summed E-state index contributed by atoms with van der Waals surface area (Å²) in [5.74, 6) is 1.37. The Morgan fingerprint density at radius 1 is 1.19 bits per heavy atom. The molecule has 4 fully saturated rings. The largest absolute Gasteiger partial charge is 0.382 e. The lowest BCUT2D eigenvalue weighted by molar-refractivity contribution is -0.00358. The van der Waals surface area contributed by atoms with Crippen LogP contribution in [0.4, 0.5) is 5.82 Å². The first-order chi connectivity index (χ1) is 12.6. The molecular weight excluding hydrogens is 326 g/mol. The third kappa shape index (κ3) is 2.35. The Morgan fingerprint density at radius 2 is 1.92 bits per heavy atom. The molecule has 2 aromatic rings. The summed E-state index contributed by atoms with van der Waals surface area (Å²) >= 11 is 0. The number of nitrogen functional groups attached to an aromatic ring is 1. The molecule has 2 bridgehead atoms. The van der Waals surface area contributed by atoms with E-state index in [2.05, 4.69) is 51.2 Å². The second kappa shape index (κ2) is 5.84. The van der Waals surface area contributed by atoms with Crippen LogP contribution in [-0.2, 0) is 0 Å². The molecule has 6 rings (SSSR count). The van der Waals surface area contributed by atoms with E-state index in [0.29, 0.717) is 35.4 Å². The molecule has 136 valence electrons. The molecule has 0 radical (unpaired) electrons. The van der Waals surface area contributed by atoms with Crippen molar-refractivity contribution in [3.8, 4) is 0 Å². The van der Waals surface area contributed by atoms with Crippen LogP contribution in [0.1, 0.15) is 40.4 Å². The van der Waals surface area contributed by atoms with Gasteiger partial charge >= 0.3 is 0 Å². The monoisotopic (exact) mass is 351 g/mol. The van der Waals surface area contributed by atoms with E-state index in [0.717, 1.165) is 19.6 Å². The number of piperidine rings is 3. The number of aryl methyl sites for hydroxylation is 1. The zero-order valence-electron chi connectivity index (χ0n) is 15.1. The molecule has 1 amide bonds. The molecule has 4 aliphatic heterocycles. The molecule has 5 heterocycles. The number of hydrogen-bond acceptors (Lipinski definition) is 4. The number of amides is 1. The highest BCUT2D eigenvalue weighted by atomic mass is 16.2. The van der Waals surface area contributed by atoms with Gasteiger partial charge < -0.3 is 10.6 Å². The third-order valence-electron chi connectivity index (χ3n) is 6.59. The molecule has 6 heteroatoms. The number of nitrogens with one attached hydrogen (secondary N) is 1. The minimum Gasteiger partial charge on any atom is -0.382 e. The highest BCUT2D eigenvalue weighted by molar-refractivity contribution is 5.93. The lowest BCUT2D eigenvalue weighted by atomic mass is 9.75. The van der Waals surface area contributed by atoms with Gasteiger partial charge in [-0.05, 0) is 44.3 Å². The average molecular weight is 351 g/mol. The van der Waals surface area contributed by atoms with Gasteiger partial charge in [0.15, 0.2) is 0 Å². The van der Waals surface area contributed by atoms with Gasteiger partial charge in [0, 0.05) is 24.6 Å². The standard InChI is InChI=1S/C20H25N5O/c1-12-2-4-13(5-3-12)15-11-25(20(26)16-10-17(21)23-22-16)18-14-6-8-24(9-7-14)19(15)18/h2-5,10,14-15,18-19H,6-9,11H2,1H3,(H3,21,22,23)/t15-,18-,19-/m0/s1. The van der Waals surface area contributed by atoms with Gasteiger partial charge in [-0.1, -0.05) is 29.8 Å². The van der Waals surface area contributed by atoms with Crippen LogP contribution in [0, 0.1) is 12.8 Å². The number of nitrogens with zero attached hydrogens (tertiary/aromatic N) is 3. The Labute approximate surface area is 153 Å². The van der Waals surface area contributed by atoms with E-state index in [1.807, 2.05) is 0 Å². The van der Waals surface area contributed by atoms with Crippen molar-refractivity contribution in [1.29, 1.82) is 0 Å². The molecule has 4 saturated heterocycles. The fourth-order valence-electron chi connectivity index (χ4n) is 5.36. The Bertz CT molecular complexity index is 821. The van der Waals surface area contributed by atoms with Gasteiger partial charge in [0.25, 0.3) is 5.91 Å². The van der Waals surface area contributed by atoms with Crippen LogP contribution >= 0.6 is 0 Å². The van der Waals surface area contributed by atoms with E-state index in [4.69, 9.17) is 5.73 Å². The minimum absolute atomic E-state index is 0.0348. The number of H-pyrrole nitrogens is 1. The maximum absolute atomic E-state index is 13.2. The van der Waals surface area contributed by atoms with Crippen LogP contribution in [-0.4, -0.2) is 57.6 Å². The predicted octanol–water partition coefficient (Wildman–Crippen LogP) is 2.00. The maximum Gasteiger partial charge on any atom is 0.272 e. The van der Waals surface area contributed by atoms with Crippen LogP contribution in [0.25, 0.3) is 0 Å². The Kier molecular flexibility index (Phi) is 3.57. The van der Waals surface area contributed by atoms with Gasteiger partial charge in [-0.25, -0.2) is 0 Å². The highest BCUT2D eigenvalue weighted by Gasteiger charge is 2.54. The zero-order valence-corrected chi connectivity index (χ0v) is 15.1. The fraction of sp³-hybridized carbons (Fsp3) is 0.500. The highest BCUT2D eigenvalue weighted by Crippen LogP contribution is 2.46. The van der Waals surface area contributed by atoms with Gasteiger partial charge in [0.2, 0.25) is 0 Å². The predicted molar refractivity (Wildman–Crippen MR) is 99.8 cm³/mol. The molecular formula is C20H25N5O. The number of anilines is 1. The van der Waals surface area contributed by atoms with Gasteiger partial charge in [-0.3, -0.25) is 14.8 Å². The summed E-state index contributed by atoms with van der Waals surface area (Å²) < 4.78 is 0. The number of fused-ring (bicyclic) bond motifs is 2. The summed E-state index contributed by atoms with van der Waals surface area (Å²) in [4.78, 5) is 17.9. The molecule has 0 unspecified atom stereocenters. The minimum atomic E-state index is 0.0348. The van der Waals surface area contributed by atoms with Gasteiger partial charge in [0.05, 0.1) is 6.04 Å². The second-order valence-electron chi connectivity index (χ2n) is 8.04. The Balaban J connectivity index is 1.52. The first-order valence-electron chi connectivity index (χ1n) is 9.54. The smallest absolute Gasteiger partial charge is 0.272 e. The van der Waals surface area contributed by atoms with E-state index in [-0.39, 0.29) is 5.91 Å². The first-order valence-corrected chi connectivity index (χ1v) is 9.54. The molecule has 0 saturated carbocycles. The van der Waals surface area contributed by atoms with Crippen LogP contribution in [0.5, 0.6) is 0 Å². The normalized spacial score (nSPS) is 32.7. The lowest BCUT2D eigenvalue weighted by Gasteiger charge is -2.51. The van der Waals surface area contributed by atoms with E-state index in [9.17, 15) is 4.79 Å². The van der Waals surface area contributed by atoms with E-state index in [1.165, 1.54) is 24.0 Å². The van der Waals surface area contributed by atoms with Crippen molar-refractivity contribution in [1.82, 2.24) is 20.0 Å². The van der Waals surface area contributed by atoms with Crippen molar-refractivity contribution in [2.45, 2.75) is 37.8 Å². The van der Waals surface area contributed by atoms with Gasteiger partial charge in [-0.2, -0.15) is 5.10 Å². The first kappa shape index (κ1) is 15.9. The van der Waals surface area contributed by atoms with Gasteiger partial charge in [-0.15, -0.1) is 0 Å². The van der Waals surface area contributed by atoms with Crippen molar-refractivity contribution >= 4 is 11.7 Å². The second-order valence-corrected chi connectivity index (χ2v) is 8.04. The van der Waals surface area contributed by atoms with Crippen molar-refractivity contribution in [2.75, 3.05) is 25.4 Å². The third-order valence-corrected chi connectivity index (χ3v) is 6.59. The number of nitrogens with two attached hydrogens (primary N) is 1. The molecule has 26 heavy (non-hydrogen) atoms. The molecule has 6 nitrogen and oxygen atoms in total. The number of carbonyl (C=O) groups is 1. The number of carbonyl (C=O) groups excluding carboxylic acids is 1. The van der Waals surface area contributed by atoms with Crippen molar-refractivity contribution in [3.63, 3.8) is 0 Å². The lowest BCUT2D eigenvalue weighted by Crippen LogP contribution is -2.60. The van der Waals surface area contributed by atoms with E-state index in [1.54, 1.807) is 6.07 Å². The number of hydrogen-bond donors (Lipinski definition) is 2. The maximum atomic E-state index is 13.2. The number of likely N-dealkylation sites (tertiary alicyclic amines) is 1. The molecule has 1 aromatic carbocycles. The molecule has 3 atom stereocenters. The molecule has 4 aliphatic rings. The van der Waals surface area contributed by atoms with E-state index >= 15 is 0 Å². The summed E-state index contributed by atoms with van der Waals surface area (Å²) in [6.07, 6.45) is 2.38. The number of aromatic amines is 1. The van der Waals surface area contributed by atoms with Crippen molar-refractivity contribution < 1.29 is 4.79 Å². The number of rotatable bonds is 2. The summed E-state index contributed by atoms with van der Waals surface area (Å²) in [6.45, 7) is 5.20. The summed E-state index contributed by atoms with van der Waals surface area (Å²) in [5, 5.41) is 6.75. The SMILES string of the molecule is Cc1ccc([C@@H]2CN(C(=O)c3cc(N)n[nH]3)[C@H]3C4CCN(CC4)[C@@H]23)cc1. The van der Waals surface area contributed by atoms with Crippen molar-refractivity contribution in [3.05, 3.63) is 47.2 Å². The fourth-order valence-corrected chi connectivity index (χ4v) is 5.36. The van der Waals surface area contributed by atoms with Crippen LogP contribution in [0.2, 0.25) is 0 Å². The Morgan fingerprint density at radius 3 is 2.58 bits per heavy atom. The van der Waals surface area contributed by atoms with Crippen LogP contribution in [0.15, 0.2) is 30.3 Å². The number of aromatic nitrogens is 2. The van der Waals surface area contributed by atoms with Crippen LogP contribution in [0.3, 0.4) is 0 Å². The quantitative estimate of drug-likeness (QED) is 0.867. The number of benzene rings is 1. The molecule has 0 aliphatic carbocycles. The summed E-state index contributed by atoms with van der Waals surface area (Å²) in [5.41, 5.74) is 8.84. The molecule has 1 aromatic heterocycles. The molecule has 0 spiro atoms. The van der Waals surface area contributed by atoms with Crippen molar-refractivity contribution in [2.24, 2.45) is 5.92 Å². The summed E-state index contributed by atoms with van der Waals surface area (Å²) in [7, 11) is 0. The van der Waals surface area contributed by atoms with Crippen LogP contribution < -0.4 is 5.73 Å².